The Labute approximate surface area is 120 Å². The third-order valence-corrected chi connectivity index (χ3v) is 5.15. The zero-order chi connectivity index (χ0) is 14.6. The average Bonchev–Trinajstić information content (AvgIpc) is 3.24. The van der Waals surface area contributed by atoms with E-state index >= 15 is 0 Å². The first-order valence-corrected chi connectivity index (χ1v) is 8.25. The molecule has 112 valence electrons. The molecule has 0 bridgehead atoms. The molecule has 1 aliphatic rings. The highest BCUT2D eigenvalue weighted by molar-refractivity contribution is 7.89. The SMILES string of the molecule is CCNc1ncccc1S(=O)(=O)N(CCOC)C1CC1. The summed E-state index contributed by atoms with van der Waals surface area (Å²) in [5, 5.41) is 3.00. The summed E-state index contributed by atoms with van der Waals surface area (Å²) in [6, 6.07) is 3.35. The second kappa shape index (κ2) is 6.51. The van der Waals surface area contributed by atoms with Gasteiger partial charge in [0.05, 0.1) is 6.61 Å². The van der Waals surface area contributed by atoms with Crippen molar-refractivity contribution in [2.45, 2.75) is 30.7 Å². The van der Waals surface area contributed by atoms with Gasteiger partial charge >= 0.3 is 0 Å². The molecule has 1 aliphatic carbocycles. The van der Waals surface area contributed by atoms with Crippen LogP contribution in [0.15, 0.2) is 23.2 Å². The van der Waals surface area contributed by atoms with Gasteiger partial charge in [-0.15, -0.1) is 0 Å². The van der Waals surface area contributed by atoms with E-state index in [4.69, 9.17) is 4.74 Å². The lowest BCUT2D eigenvalue weighted by Crippen LogP contribution is -2.36. The normalized spacial score (nSPS) is 15.6. The van der Waals surface area contributed by atoms with Crippen molar-refractivity contribution in [3.05, 3.63) is 18.3 Å². The van der Waals surface area contributed by atoms with E-state index in [1.54, 1.807) is 25.4 Å². The zero-order valence-corrected chi connectivity index (χ0v) is 12.7. The molecule has 7 heteroatoms. The van der Waals surface area contributed by atoms with E-state index in [9.17, 15) is 8.42 Å². The highest BCUT2D eigenvalue weighted by atomic mass is 32.2. The fourth-order valence-corrected chi connectivity index (χ4v) is 3.86. The van der Waals surface area contributed by atoms with Crippen LogP contribution in [0.3, 0.4) is 0 Å². The molecule has 0 radical (unpaired) electrons. The van der Waals surface area contributed by atoms with Crippen LogP contribution in [0.5, 0.6) is 0 Å². The summed E-state index contributed by atoms with van der Waals surface area (Å²) in [6.07, 6.45) is 3.42. The third kappa shape index (κ3) is 3.28. The van der Waals surface area contributed by atoms with Crippen LogP contribution < -0.4 is 5.32 Å². The van der Waals surface area contributed by atoms with Crippen molar-refractivity contribution in [1.29, 1.82) is 0 Å². The molecule has 6 nitrogen and oxygen atoms in total. The molecular weight excluding hydrogens is 278 g/mol. The Hall–Kier alpha value is -1.18. The largest absolute Gasteiger partial charge is 0.383 e. The molecule has 2 rings (SSSR count). The minimum Gasteiger partial charge on any atom is -0.383 e. The molecule has 20 heavy (non-hydrogen) atoms. The molecule has 1 heterocycles. The van der Waals surface area contributed by atoms with E-state index in [1.807, 2.05) is 6.92 Å². The lowest BCUT2D eigenvalue weighted by molar-refractivity contribution is 0.177. The molecule has 1 N–H and O–H groups in total. The van der Waals surface area contributed by atoms with E-state index in [2.05, 4.69) is 10.3 Å². The molecule has 0 unspecified atom stereocenters. The summed E-state index contributed by atoms with van der Waals surface area (Å²) in [6.45, 7) is 3.31. The highest BCUT2D eigenvalue weighted by Gasteiger charge is 2.38. The molecule has 1 aromatic heterocycles. The smallest absolute Gasteiger partial charge is 0.247 e. The predicted octanol–water partition coefficient (Wildman–Crippen LogP) is 1.31. The van der Waals surface area contributed by atoms with Gasteiger partial charge in [0, 0.05) is 32.4 Å². The molecule has 1 saturated carbocycles. The Morgan fingerprint density at radius 1 is 1.50 bits per heavy atom. The fourth-order valence-electron chi connectivity index (χ4n) is 2.07. The lowest BCUT2D eigenvalue weighted by Gasteiger charge is -2.22. The van der Waals surface area contributed by atoms with E-state index in [1.165, 1.54) is 4.31 Å². The van der Waals surface area contributed by atoms with Gasteiger partial charge in [0.1, 0.15) is 10.7 Å². The van der Waals surface area contributed by atoms with Gasteiger partial charge in [-0.2, -0.15) is 4.31 Å². The summed E-state index contributed by atoms with van der Waals surface area (Å²) >= 11 is 0. The van der Waals surface area contributed by atoms with E-state index in [-0.39, 0.29) is 10.9 Å². The Morgan fingerprint density at radius 3 is 2.85 bits per heavy atom. The number of hydrogen-bond acceptors (Lipinski definition) is 5. The summed E-state index contributed by atoms with van der Waals surface area (Å²) < 4.78 is 32.2. The zero-order valence-electron chi connectivity index (χ0n) is 11.9. The van der Waals surface area contributed by atoms with Gasteiger partial charge in [0.2, 0.25) is 10.0 Å². The maximum Gasteiger partial charge on any atom is 0.247 e. The predicted molar refractivity (Wildman–Crippen MR) is 77.2 cm³/mol. The van der Waals surface area contributed by atoms with Crippen LogP contribution in [0.4, 0.5) is 5.82 Å². The Balaban J connectivity index is 2.32. The van der Waals surface area contributed by atoms with Gasteiger partial charge in [-0.1, -0.05) is 0 Å². The van der Waals surface area contributed by atoms with E-state index < -0.39 is 10.0 Å². The van der Waals surface area contributed by atoms with Crippen molar-refractivity contribution in [2.75, 3.05) is 32.1 Å². The monoisotopic (exact) mass is 299 g/mol. The van der Waals surface area contributed by atoms with Crippen molar-refractivity contribution in [2.24, 2.45) is 0 Å². The number of hydrogen-bond donors (Lipinski definition) is 1. The quantitative estimate of drug-likeness (QED) is 0.783. The van der Waals surface area contributed by atoms with Crippen molar-refractivity contribution in [1.82, 2.24) is 9.29 Å². The maximum absolute atomic E-state index is 12.8. The van der Waals surface area contributed by atoms with Crippen LogP contribution >= 0.6 is 0 Å². The van der Waals surface area contributed by atoms with Crippen LogP contribution in [-0.2, 0) is 14.8 Å². The number of rotatable bonds is 8. The molecular formula is C13H21N3O3S. The number of pyridine rings is 1. The van der Waals surface area contributed by atoms with Crippen LogP contribution in [0.25, 0.3) is 0 Å². The first-order valence-electron chi connectivity index (χ1n) is 6.81. The number of aromatic nitrogens is 1. The fraction of sp³-hybridized carbons (Fsp3) is 0.615. The van der Waals surface area contributed by atoms with Crippen molar-refractivity contribution in [3.63, 3.8) is 0 Å². The minimum absolute atomic E-state index is 0.102. The lowest BCUT2D eigenvalue weighted by atomic mass is 10.4. The van der Waals surface area contributed by atoms with Gasteiger partial charge in [0.15, 0.2) is 0 Å². The Bertz CT molecular complexity index is 544. The number of sulfonamides is 1. The summed E-state index contributed by atoms with van der Waals surface area (Å²) in [4.78, 5) is 4.37. The summed E-state index contributed by atoms with van der Waals surface area (Å²) in [7, 11) is -1.96. The van der Waals surface area contributed by atoms with Crippen LogP contribution in [-0.4, -0.2) is 50.6 Å². The number of anilines is 1. The first-order chi connectivity index (χ1) is 9.61. The Morgan fingerprint density at radius 2 is 2.25 bits per heavy atom. The van der Waals surface area contributed by atoms with Crippen molar-refractivity contribution in [3.8, 4) is 0 Å². The molecule has 0 saturated heterocycles. The first kappa shape index (κ1) is 15.2. The molecule has 1 fully saturated rings. The molecule has 0 aromatic carbocycles. The standard InChI is InChI=1S/C13H21N3O3S/c1-3-14-13-12(5-4-8-15-13)20(17,18)16(9-10-19-2)11-6-7-11/h4-5,8,11H,3,6-7,9-10H2,1-2H3,(H,14,15). The van der Waals surface area contributed by atoms with Crippen LogP contribution in [0.1, 0.15) is 19.8 Å². The second-order valence-electron chi connectivity index (χ2n) is 4.72. The minimum atomic E-state index is -3.53. The average molecular weight is 299 g/mol. The molecule has 0 aliphatic heterocycles. The molecule has 0 amide bonds. The molecule has 0 spiro atoms. The molecule has 0 atom stereocenters. The van der Waals surface area contributed by atoms with Crippen molar-refractivity contribution >= 4 is 15.8 Å². The number of nitrogens with zero attached hydrogens (tertiary/aromatic N) is 2. The van der Waals surface area contributed by atoms with Crippen LogP contribution in [0, 0.1) is 0 Å². The van der Waals surface area contributed by atoms with Crippen molar-refractivity contribution < 1.29 is 13.2 Å². The third-order valence-electron chi connectivity index (χ3n) is 3.17. The van der Waals surface area contributed by atoms with E-state index in [0.29, 0.717) is 25.5 Å². The Kier molecular flexibility index (Phi) is 4.95. The summed E-state index contributed by atoms with van der Waals surface area (Å²) in [5.41, 5.74) is 0. The summed E-state index contributed by atoms with van der Waals surface area (Å²) in [5.74, 6) is 0.415. The number of methoxy groups -OCH3 is 1. The highest BCUT2D eigenvalue weighted by Crippen LogP contribution is 2.33. The second-order valence-corrected chi connectivity index (χ2v) is 6.58. The van der Waals surface area contributed by atoms with Gasteiger partial charge in [-0.05, 0) is 31.9 Å². The van der Waals surface area contributed by atoms with Gasteiger partial charge < -0.3 is 10.1 Å². The van der Waals surface area contributed by atoms with Gasteiger partial charge in [-0.3, -0.25) is 0 Å². The number of ether oxygens (including phenoxy) is 1. The van der Waals surface area contributed by atoms with Gasteiger partial charge in [-0.25, -0.2) is 13.4 Å². The van der Waals surface area contributed by atoms with Crippen LogP contribution in [0.2, 0.25) is 0 Å². The van der Waals surface area contributed by atoms with E-state index in [0.717, 1.165) is 12.8 Å². The number of nitrogens with one attached hydrogen (secondary N) is 1. The maximum atomic E-state index is 12.8. The topological polar surface area (TPSA) is 71.5 Å². The van der Waals surface area contributed by atoms with Gasteiger partial charge in [0.25, 0.3) is 0 Å². The molecule has 1 aromatic rings.